The Morgan fingerprint density at radius 1 is 1.39 bits per heavy atom. The summed E-state index contributed by atoms with van der Waals surface area (Å²) in [6, 6.07) is 2.04. The summed E-state index contributed by atoms with van der Waals surface area (Å²) in [6.45, 7) is 9.36. The molecule has 1 fully saturated rings. The Balaban J connectivity index is 2.27. The van der Waals surface area contributed by atoms with E-state index in [1.54, 1.807) is 0 Å². The van der Waals surface area contributed by atoms with Gasteiger partial charge >= 0.3 is 0 Å². The van der Waals surface area contributed by atoms with Crippen LogP contribution in [0.2, 0.25) is 0 Å². The van der Waals surface area contributed by atoms with Gasteiger partial charge in [0.05, 0.1) is 6.10 Å². The lowest BCUT2D eigenvalue weighted by molar-refractivity contribution is 0.0502. The van der Waals surface area contributed by atoms with Crippen molar-refractivity contribution in [2.75, 3.05) is 11.9 Å². The molecule has 1 aliphatic rings. The van der Waals surface area contributed by atoms with Gasteiger partial charge in [0.25, 0.3) is 0 Å². The van der Waals surface area contributed by atoms with Crippen molar-refractivity contribution in [3.05, 3.63) is 17.6 Å². The minimum absolute atomic E-state index is 0.0658. The zero-order chi connectivity index (χ0) is 13.1. The topological polar surface area (TPSA) is 47.0 Å². The molecule has 100 valence electrons. The molecule has 2 heterocycles. The van der Waals surface area contributed by atoms with Crippen LogP contribution in [-0.4, -0.2) is 22.6 Å². The Morgan fingerprint density at radius 2 is 2.17 bits per heavy atom. The van der Waals surface area contributed by atoms with Gasteiger partial charge in [-0.15, -0.1) is 0 Å². The normalized spacial score (nSPS) is 23.6. The van der Waals surface area contributed by atoms with Gasteiger partial charge in [0.2, 0.25) is 0 Å². The van der Waals surface area contributed by atoms with Gasteiger partial charge < -0.3 is 10.1 Å². The molecule has 1 saturated heterocycles. The van der Waals surface area contributed by atoms with E-state index in [1.807, 2.05) is 6.07 Å². The first-order valence-electron chi connectivity index (χ1n) is 6.88. The minimum atomic E-state index is 0.0658. The first-order chi connectivity index (χ1) is 8.60. The molecule has 1 aromatic rings. The van der Waals surface area contributed by atoms with Crippen molar-refractivity contribution < 1.29 is 4.74 Å². The van der Waals surface area contributed by atoms with Crippen LogP contribution in [0.3, 0.4) is 0 Å². The van der Waals surface area contributed by atoms with E-state index in [1.165, 1.54) is 0 Å². The molecule has 4 heteroatoms. The summed E-state index contributed by atoms with van der Waals surface area (Å²) >= 11 is 0. The van der Waals surface area contributed by atoms with Crippen molar-refractivity contribution in [3.8, 4) is 0 Å². The summed E-state index contributed by atoms with van der Waals surface area (Å²) < 4.78 is 5.86. The van der Waals surface area contributed by atoms with Gasteiger partial charge in [0.1, 0.15) is 11.9 Å². The molecule has 2 unspecified atom stereocenters. The van der Waals surface area contributed by atoms with Crippen LogP contribution in [0.1, 0.15) is 64.1 Å². The number of anilines is 1. The zero-order valence-electron chi connectivity index (χ0n) is 11.7. The molecular formula is C14H23N3O. The highest BCUT2D eigenvalue weighted by Crippen LogP contribution is 2.31. The number of hydrogen-bond donors (Lipinski definition) is 1. The third-order valence-electron chi connectivity index (χ3n) is 3.23. The molecule has 1 aliphatic heterocycles. The molecule has 1 aromatic heterocycles. The van der Waals surface area contributed by atoms with E-state index < -0.39 is 0 Å². The molecule has 0 aliphatic carbocycles. The second-order valence-corrected chi connectivity index (χ2v) is 5.23. The van der Waals surface area contributed by atoms with Crippen LogP contribution in [0.15, 0.2) is 6.07 Å². The molecule has 0 saturated carbocycles. The number of nitrogens with one attached hydrogen (secondary N) is 1. The lowest BCUT2D eigenvalue weighted by atomic mass is 10.1. The third-order valence-corrected chi connectivity index (χ3v) is 3.23. The fourth-order valence-corrected chi connectivity index (χ4v) is 2.19. The van der Waals surface area contributed by atoms with E-state index in [0.29, 0.717) is 12.0 Å². The van der Waals surface area contributed by atoms with E-state index in [0.717, 1.165) is 36.7 Å². The van der Waals surface area contributed by atoms with Crippen LogP contribution in [0, 0.1) is 0 Å². The fourth-order valence-electron chi connectivity index (χ4n) is 2.19. The van der Waals surface area contributed by atoms with Crippen molar-refractivity contribution in [3.63, 3.8) is 0 Å². The fraction of sp³-hybridized carbons (Fsp3) is 0.714. The Kier molecular flexibility index (Phi) is 4.17. The molecule has 0 bridgehead atoms. The summed E-state index contributed by atoms with van der Waals surface area (Å²) in [7, 11) is 0. The van der Waals surface area contributed by atoms with Gasteiger partial charge in [0, 0.05) is 18.3 Å². The second-order valence-electron chi connectivity index (χ2n) is 5.23. The van der Waals surface area contributed by atoms with E-state index in [2.05, 4.69) is 43.0 Å². The largest absolute Gasteiger partial charge is 0.370 e. The molecule has 0 aromatic carbocycles. The molecule has 18 heavy (non-hydrogen) atoms. The van der Waals surface area contributed by atoms with Crippen LogP contribution in [0.4, 0.5) is 5.82 Å². The molecular weight excluding hydrogens is 226 g/mol. The maximum absolute atomic E-state index is 5.86. The smallest absolute Gasteiger partial charge is 0.159 e. The number of rotatable bonds is 4. The average molecular weight is 249 g/mol. The van der Waals surface area contributed by atoms with Crippen LogP contribution in [0.5, 0.6) is 0 Å². The molecule has 1 N–H and O–H groups in total. The van der Waals surface area contributed by atoms with Crippen molar-refractivity contribution >= 4 is 5.82 Å². The predicted molar refractivity (Wildman–Crippen MR) is 72.8 cm³/mol. The standard InChI is InChI=1S/C14H23N3O/c1-5-15-13-8-11(9(2)3)16-14(17-13)12-7-6-10(4)18-12/h8-10,12H,5-7H2,1-4H3,(H,15,16,17). The number of hydrogen-bond acceptors (Lipinski definition) is 4. The maximum Gasteiger partial charge on any atom is 0.159 e. The van der Waals surface area contributed by atoms with Crippen LogP contribution in [0.25, 0.3) is 0 Å². The Bertz CT molecular complexity index is 406. The number of nitrogens with zero attached hydrogens (tertiary/aromatic N) is 2. The van der Waals surface area contributed by atoms with E-state index in [9.17, 15) is 0 Å². The summed E-state index contributed by atoms with van der Waals surface area (Å²) in [5.41, 5.74) is 1.08. The monoisotopic (exact) mass is 249 g/mol. The third kappa shape index (κ3) is 2.99. The predicted octanol–water partition coefficient (Wildman–Crippen LogP) is 3.27. The second kappa shape index (κ2) is 5.65. The van der Waals surface area contributed by atoms with Crippen molar-refractivity contribution in [1.29, 1.82) is 0 Å². The zero-order valence-corrected chi connectivity index (χ0v) is 11.7. The maximum atomic E-state index is 5.86. The van der Waals surface area contributed by atoms with Gasteiger partial charge in [-0.3, -0.25) is 0 Å². The summed E-state index contributed by atoms with van der Waals surface area (Å²) in [6.07, 6.45) is 2.50. The number of ether oxygens (including phenoxy) is 1. The lowest BCUT2D eigenvalue weighted by Crippen LogP contribution is -2.11. The highest BCUT2D eigenvalue weighted by molar-refractivity contribution is 5.37. The summed E-state index contributed by atoms with van der Waals surface area (Å²) in [4.78, 5) is 9.23. The van der Waals surface area contributed by atoms with Gasteiger partial charge in [0.15, 0.2) is 5.82 Å². The van der Waals surface area contributed by atoms with Gasteiger partial charge in [-0.1, -0.05) is 13.8 Å². The Hall–Kier alpha value is -1.16. The molecule has 0 amide bonds. The quantitative estimate of drug-likeness (QED) is 0.889. The number of aromatic nitrogens is 2. The summed E-state index contributed by atoms with van der Waals surface area (Å²) in [5, 5.41) is 3.27. The van der Waals surface area contributed by atoms with Crippen LogP contribution >= 0.6 is 0 Å². The van der Waals surface area contributed by atoms with Gasteiger partial charge in [-0.2, -0.15) is 0 Å². The van der Waals surface area contributed by atoms with Gasteiger partial charge in [-0.05, 0) is 32.6 Å². The van der Waals surface area contributed by atoms with E-state index in [4.69, 9.17) is 4.74 Å². The average Bonchev–Trinajstić information content (AvgIpc) is 2.76. The van der Waals surface area contributed by atoms with Crippen LogP contribution < -0.4 is 5.32 Å². The minimum Gasteiger partial charge on any atom is -0.370 e. The lowest BCUT2D eigenvalue weighted by Gasteiger charge is -2.15. The first kappa shape index (κ1) is 13.3. The molecule has 2 rings (SSSR count). The highest BCUT2D eigenvalue weighted by atomic mass is 16.5. The molecule has 2 atom stereocenters. The first-order valence-corrected chi connectivity index (χ1v) is 6.88. The molecule has 0 spiro atoms. The highest BCUT2D eigenvalue weighted by Gasteiger charge is 2.26. The van der Waals surface area contributed by atoms with Crippen molar-refractivity contribution in [1.82, 2.24) is 9.97 Å². The Morgan fingerprint density at radius 3 is 2.72 bits per heavy atom. The molecule has 0 radical (unpaired) electrons. The van der Waals surface area contributed by atoms with Crippen LogP contribution in [-0.2, 0) is 4.74 Å². The van der Waals surface area contributed by atoms with E-state index >= 15 is 0 Å². The van der Waals surface area contributed by atoms with Crippen molar-refractivity contribution in [2.24, 2.45) is 0 Å². The van der Waals surface area contributed by atoms with Crippen molar-refractivity contribution in [2.45, 2.75) is 58.7 Å². The van der Waals surface area contributed by atoms with E-state index in [-0.39, 0.29) is 6.10 Å². The SMILES string of the molecule is CCNc1cc(C(C)C)nc(C2CCC(C)O2)n1. The summed E-state index contributed by atoms with van der Waals surface area (Å²) in [5.74, 6) is 2.15. The van der Waals surface area contributed by atoms with Gasteiger partial charge in [-0.25, -0.2) is 9.97 Å². The molecule has 4 nitrogen and oxygen atoms in total. The Labute approximate surface area is 109 Å².